The summed E-state index contributed by atoms with van der Waals surface area (Å²) >= 11 is 7.89. The van der Waals surface area contributed by atoms with Gasteiger partial charge in [0, 0.05) is 22.6 Å². The van der Waals surface area contributed by atoms with Gasteiger partial charge >= 0.3 is 0 Å². The number of nitrogens with one attached hydrogen (secondary N) is 1. The molecule has 0 fully saturated rings. The van der Waals surface area contributed by atoms with E-state index in [1.807, 2.05) is 19.1 Å². The number of thiophene rings is 1. The van der Waals surface area contributed by atoms with Crippen LogP contribution < -0.4 is 19.5 Å². The lowest BCUT2D eigenvalue weighted by Gasteiger charge is -2.14. The zero-order valence-electron chi connectivity index (χ0n) is 17.7. The summed E-state index contributed by atoms with van der Waals surface area (Å²) in [5, 5.41) is 4.81. The van der Waals surface area contributed by atoms with Crippen LogP contribution >= 0.6 is 22.9 Å². The Bertz CT molecular complexity index is 1230. The molecule has 8 heteroatoms. The van der Waals surface area contributed by atoms with Crippen LogP contribution in [0.2, 0.25) is 5.02 Å². The third-order valence-electron chi connectivity index (χ3n) is 4.85. The highest BCUT2D eigenvalue weighted by Gasteiger charge is 2.19. The molecule has 160 valence electrons. The number of halogens is 1. The molecule has 0 atom stereocenters. The number of aromatic nitrogens is 2. The van der Waals surface area contributed by atoms with E-state index in [4.69, 9.17) is 25.8 Å². The van der Waals surface area contributed by atoms with Crippen molar-refractivity contribution >= 4 is 44.7 Å². The monoisotopic (exact) mass is 455 g/mol. The van der Waals surface area contributed by atoms with Gasteiger partial charge in [-0.15, -0.1) is 11.3 Å². The third kappa shape index (κ3) is 4.11. The lowest BCUT2D eigenvalue weighted by Crippen LogP contribution is -1.99. The first-order valence-corrected chi connectivity index (χ1v) is 10.9. The zero-order valence-corrected chi connectivity index (χ0v) is 19.2. The number of anilines is 2. The molecule has 0 radical (unpaired) electrons. The van der Waals surface area contributed by atoms with E-state index < -0.39 is 0 Å². The normalized spacial score (nSPS) is 10.9. The Balaban J connectivity index is 1.83. The van der Waals surface area contributed by atoms with E-state index in [-0.39, 0.29) is 0 Å². The highest BCUT2D eigenvalue weighted by Crippen LogP contribution is 2.43. The fourth-order valence-corrected chi connectivity index (χ4v) is 4.70. The quantitative estimate of drug-likeness (QED) is 0.344. The van der Waals surface area contributed by atoms with Crippen molar-refractivity contribution in [1.29, 1.82) is 0 Å². The number of hydrogen-bond acceptors (Lipinski definition) is 7. The average Bonchev–Trinajstić information content (AvgIpc) is 3.12. The molecule has 0 saturated heterocycles. The molecule has 0 saturated carbocycles. The lowest BCUT2D eigenvalue weighted by atomic mass is 10.0. The van der Waals surface area contributed by atoms with Gasteiger partial charge < -0.3 is 19.5 Å². The molecular weight excluding hydrogens is 434 g/mol. The molecule has 0 amide bonds. The van der Waals surface area contributed by atoms with Crippen LogP contribution in [0.5, 0.6) is 17.2 Å². The number of rotatable bonds is 7. The zero-order chi connectivity index (χ0) is 22.0. The molecule has 2 heterocycles. The highest BCUT2D eigenvalue weighted by molar-refractivity contribution is 7.19. The molecule has 0 aliphatic heterocycles. The number of aryl methyl sites for hydroxylation is 1. The Hall–Kier alpha value is -3.03. The number of hydrogen-bond donors (Lipinski definition) is 1. The second-order valence-electron chi connectivity index (χ2n) is 6.71. The Kier molecular flexibility index (Phi) is 6.15. The molecule has 0 unspecified atom stereocenters. The molecule has 6 nitrogen and oxygen atoms in total. The minimum absolute atomic E-state index is 0.471. The summed E-state index contributed by atoms with van der Waals surface area (Å²) in [5.74, 6) is 2.66. The van der Waals surface area contributed by atoms with Gasteiger partial charge in [0.2, 0.25) is 0 Å². The number of benzene rings is 2. The van der Waals surface area contributed by atoms with E-state index in [1.165, 1.54) is 0 Å². The summed E-state index contributed by atoms with van der Waals surface area (Å²) < 4.78 is 16.5. The first-order valence-electron chi connectivity index (χ1n) is 9.71. The third-order valence-corrected chi connectivity index (χ3v) is 6.15. The second-order valence-corrected chi connectivity index (χ2v) is 8.32. The van der Waals surface area contributed by atoms with Crippen LogP contribution in [-0.4, -0.2) is 30.8 Å². The van der Waals surface area contributed by atoms with Crippen LogP contribution in [0, 0.1) is 6.92 Å². The molecule has 4 rings (SSSR count). The Morgan fingerprint density at radius 2 is 1.77 bits per heavy atom. The lowest BCUT2D eigenvalue weighted by molar-refractivity contribution is 0.340. The minimum Gasteiger partial charge on any atom is -0.495 e. The van der Waals surface area contributed by atoms with Crippen LogP contribution in [0.25, 0.3) is 21.3 Å². The molecule has 4 aromatic rings. The van der Waals surface area contributed by atoms with Crippen molar-refractivity contribution in [2.45, 2.75) is 13.8 Å². The number of fused-ring (bicyclic) bond motifs is 1. The van der Waals surface area contributed by atoms with E-state index in [0.717, 1.165) is 32.0 Å². The van der Waals surface area contributed by atoms with Crippen molar-refractivity contribution in [3.8, 4) is 28.4 Å². The highest BCUT2D eigenvalue weighted by atomic mass is 35.5. The van der Waals surface area contributed by atoms with E-state index in [1.54, 1.807) is 44.0 Å². The van der Waals surface area contributed by atoms with Crippen molar-refractivity contribution in [1.82, 2.24) is 9.97 Å². The number of methoxy groups -OCH3 is 2. The molecule has 31 heavy (non-hydrogen) atoms. The Morgan fingerprint density at radius 1 is 1.03 bits per heavy atom. The smallest absolute Gasteiger partial charge is 0.144 e. The van der Waals surface area contributed by atoms with Gasteiger partial charge in [0.1, 0.15) is 34.2 Å². The van der Waals surface area contributed by atoms with E-state index in [9.17, 15) is 0 Å². The van der Waals surface area contributed by atoms with Gasteiger partial charge in [-0.1, -0.05) is 23.7 Å². The SMILES string of the molecule is CCOc1ccc(-c2c(C)sc3ncnc(Nc4cc(OC)c(Cl)cc4OC)c23)cc1. The molecule has 0 aliphatic carbocycles. The molecule has 0 spiro atoms. The summed E-state index contributed by atoms with van der Waals surface area (Å²) in [7, 11) is 3.17. The Labute approximate surface area is 189 Å². The standard InChI is InChI=1S/C23H22ClN3O3S/c1-5-30-15-8-6-14(7-9-15)20-13(2)31-23-21(20)22(25-12-26-23)27-17-11-18(28-3)16(24)10-19(17)29-4/h6-12H,5H2,1-4H3,(H,25,26,27). The molecule has 2 aromatic heterocycles. The average molecular weight is 456 g/mol. The molecule has 1 N–H and O–H groups in total. The maximum absolute atomic E-state index is 6.26. The van der Waals surface area contributed by atoms with Crippen molar-refractivity contribution in [3.05, 3.63) is 52.6 Å². The fraction of sp³-hybridized carbons (Fsp3) is 0.217. The van der Waals surface area contributed by atoms with Crippen LogP contribution in [0.4, 0.5) is 11.5 Å². The topological polar surface area (TPSA) is 65.5 Å². The van der Waals surface area contributed by atoms with Gasteiger partial charge in [0.15, 0.2) is 0 Å². The maximum Gasteiger partial charge on any atom is 0.144 e. The maximum atomic E-state index is 6.26. The number of ether oxygens (including phenoxy) is 3. The van der Waals surface area contributed by atoms with Crippen LogP contribution in [0.3, 0.4) is 0 Å². The predicted molar refractivity (Wildman–Crippen MR) is 127 cm³/mol. The number of nitrogens with zero attached hydrogens (tertiary/aromatic N) is 2. The second kappa shape index (κ2) is 8.99. The summed E-state index contributed by atoms with van der Waals surface area (Å²) in [4.78, 5) is 11.1. The van der Waals surface area contributed by atoms with Crippen molar-refractivity contribution in [3.63, 3.8) is 0 Å². The summed E-state index contributed by atoms with van der Waals surface area (Å²) in [6, 6.07) is 11.6. The van der Waals surface area contributed by atoms with Crippen LogP contribution in [0.15, 0.2) is 42.7 Å². The van der Waals surface area contributed by atoms with Gasteiger partial charge in [-0.25, -0.2) is 9.97 Å². The van der Waals surface area contributed by atoms with Gasteiger partial charge in [-0.3, -0.25) is 0 Å². The fourth-order valence-electron chi connectivity index (χ4n) is 3.46. The van der Waals surface area contributed by atoms with Gasteiger partial charge in [-0.2, -0.15) is 0 Å². The van der Waals surface area contributed by atoms with E-state index in [0.29, 0.717) is 34.6 Å². The first-order chi connectivity index (χ1) is 15.0. The summed E-state index contributed by atoms with van der Waals surface area (Å²) in [6.07, 6.45) is 1.56. The largest absolute Gasteiger partial charge is 0.495 e. The first kappa shape index (κ1) is 21.2. The van der Waals surface area contributed by atoms with E-state index >= 15 is 0 Å². The van der Waals surface area contributed by atoms with Crippen LogP contribution in [0.1, 0.15) is 11.8 Å². The minimum atomic E-state index is 0.471. The van der Waals surface area contributed by atoms with Crippen LogP contribution in [-0.2, 0) is 0 Å². The molecule has 0 aliphatic rings. The van der Waals surface area contributed by atoms with Crippen molar-refractivity contribution in [2.24, 2.45) is 0 Å². The Morgan fingerprint density at radius 3 is 2.45 bits per heavy atom. The van der Waals surface area contributed by atoms with Gasteiger partial charge in [0.05, 0.1) is 36.9 Å². The molecule has 2 aromatic carbocycles. The molecule has 0 bridgehead atoms. The van der Waals surface area contributed by atoms with Gasteiger partial charge in [-0.05, 0) is 31.5 Å². The summed E-state index contributed by atoms with van der Waals surface area (Å²) in [5.41, 5.74) is 2.86. The van der Waals surface area contributed by atoms with Crippen molar-refractivity contribution < 1.29 is 14.2 Å². The van der Waals surface area contributed by atoms with E-state index in [2.05, 4.69) is 34.3 Å². The molecular formula is C23H22ClN3O3S. The predicted octanol–water partition coefficient (Wildman–Crippen LogP) is 6.48. The summed E-state index contributed by atoms with van der Waals surface area (Å²) in [6.45, 7) is 4.70. The van der Waals surface area contributed by atoms with Gasteiger partial charge in [0.25, 0.3) is 0 Å². The van der Waals surface area contributed by atoms with Crippen molar-refractivity contribution in [2.75, 3.05) is 26.1 Å².